The van der Waals surface area contributed by atoms with E-state index in [1.807, 2.05) is 26.0 Å². The van der Waals surface area contributed by atoms with Crippen LogP contribution >= 0.6 is 11.6 Å². The lowest BCUT2D eigenvalue weighted by Crippen LogP contribution is -2.48. The molecule has 1 atom stereocenters. The summed E-state index contributed by atoms with van der Waals surface area (Å²) in [5, 5.41) is 13.5. The van der Waals surface area contributed by atoms with Crippen molar-refractivity contribution in [1.29, 1.82) is 5.26 Å². The number of nitrogens with two attached hydrogens (primary N) is 1. The predicted molar refractivity (Wildman–Crippen MR) is 115 cm³/mol. The molecule has 154 valence electrons. The van der Waals surface area contributed by atoms with Crippen LogP contribution < -0.4 is 16.0 Å². The second kappa shape index (κ2) is 6.37. The van der Waals surface area contributed by atoms with Gasteiger partial charge in [0, 0.05) is 22.0 Å². The maximum Gasteiger partial charge on any atom is 0.338 e. The first-order valence-electron chi connectivity index (χ1n) is 9.60. The quantitative estimate of drug-likeness (QED) is 0.670. The van der Waals surface area contributed by atoms with Gasteiger partial charge in [-0.15, -0.1) is 0 Å². The molecule has 0 saturated carbocycles. The van der Waals surface area contributed by atoms with Gasteiger partial charge in [-0.05, 0) is 37.6 Å². The lowest BCUT2D eigenvalue weighted by atomic mass is 9.67. The molecule has 3 heterocycles. The number of hydrogen-bond acceptors (Lipinski definition) is 6. The summed E-state index contributed by atoms with van der Waals surface area (Å²) in [5.74, 6) is -1.09. The molecular formula is C23H17ClN4O3. The van der Waals surface area contributed by atoms with Crippen LogP contribution in [0.1, 0.15) is 16.7 Å². The first-order valence-corrected chi connectivity index (χ1v) is 9.98. The summed E-state index contributed by atoms with van der Waals surface area (Å²) in [6.07, 6.45) is 0. The van der Waals surface area contributed by atoms with Gasteiger partial charge in [0.25, 0.3) is 0 Å². The van der Waals surface area contributed by atoms with E-state index in [9.17, 15) is 14.9 Å². The van der Waals surface area contributed by atoms with E-state index in [-0.39, 0.29) is 23.6 Å². The molecule has 0 bridgehead atoms. The Balaban J connectivity index is 1.86. The summed E-state index contributed by atoms with van der Waals surface area (Å²) in [4.78, 5) is 28.0. The number of fused-ring (bicyclic) bond motifs is 3. The van der Waals surface area contributed by atoms with Gasteiger partial charge in [0.2, 0.25) is 5.91 Å². The SMILES string of the molecule is Cc1ccc2c(c1)[C@]1(C(=O)N2)C(C#N)=C(N)N(c2ccc(C)c(Cl)c2)C2=C1C(=O)OC2. The standard InChI is InChI=1S/C23H17ClN4O3/c1-11-3-6-17-14(7-11)23(22(30)27-17)15(9-25)20(26)28(18-10-31-21(29)19(18)23)13-5-4-12(2)16(24)8-13/h3-8H,10,26H2,1-2H3,(H,27,30)/t23-/m0/s1. The van der Waals surface area contributed by atoms with E-state index in [0.29, 0.717) is 27.7 Å². The highest BCUT2D eigenvalue weighted by molar-refractivity contribution is 6.31. The van der Waals surface area contributed by atoms with Gasteiger partial charge in [-0.25, -0.2) is 4.79 Å². The number of nitriles is 1. The number of hydrogen-bond donors (Lipinski definition) is 2. The number of carbonyl (C=O) groups excluding carboxylic acids is 2. The van der Waals surface area contributed by atoms with Gasteiger partial charge in [0.1, 0.15) is 23.9 Å². The normalized spacial score (nSPS) is 21.8. The number of anilines is 2. The van der Waals surface area contributed by atoms with Crippen LogP contribution in [0.3, 0.4) is 0 Å². The number of benzene rings is 2. The van der Waals surface area contributed by atoms with Gasteiger partial charge in [-0.2, -0.15) is 5.26 Å². The van der Waals surface area contributed by atoms with Crippen molar-refractivity contribution in [3.05, 3.63) is 80.8 Å². The lowest BCUT2D eigenvalue weighted by Gasteiger charge is -2.38. The zero-order chi connectivity index (χ0) is 22.1. The zero-order valence-electron chi connectivity index (χ0n) is 16.7. The van der Waals surface area contributed by atoms with Gasteiger partial charge < -0.3 is 15.8 Å². The van der Waals surface area contributed by atoms with Crippen LogP contribution in [0.25, 0.3) is 0 Å². The third kappa shape index (κ3) is 2.34. The zero-order valence-corrected chi connectivity index (χ0v) is 17.5. The van der Waals surface area contributed by atoms with E-state index >= 15 is 0 Å². The van der Waals surface area contributed by atoms with Crippen molar-refractivity contribution in [3.63, 3.8) is 0 Å². The predicted octanol–water partition coefficient (Wildman–Crippen LogP) is 3.17. The molecule has 2 aromatic carbocycles. The molecule has 0 aliphatic carbocycles. The van der Waals surface area contributed by atoms with Gasteiger partial charge in [-0.1, -0.05) is 35.4 Å². The fourth-order valence-electron chi connectivity index (χ4n) is 4.59. The number of nitrogens with one attached hydrogen (secondary N) is 1. The van der Waals surface area contributed by atoms with Crippen molar-refractivity contribution in [2.24, 2.45) is 5.73 Å². The van der Waals surface area contributed by atoms with Crippen LogP contribution in [-0.2, 0) is 19.7 Å². The molecule has 8 heteroatoms. The molecule has 1 amide bonds. The molecule has 0 saturated heterocycles. The van der Waals surface area contributed by atoms with Crippen LogP contribution in [-0.4, -0.2) is 18.5 Å². The van der Waals surface area contributed by atoms with E-state index in [4.69, 9.17) is 22.1 Å². The molecule has 3 aliphatic heterocycles. The number of amides is 1. The van der Waals surface area contributed by atoms with Crippen molar-refractivity contribution < 1.29 is 14.3 Å². The number of aryl methyl sites for hydroxylation is 2. The monoisotopic (exact) mass is 432 g/mol. The average Bonchev–Trinajstić information content (AvgIpc) is 3.24. The summed E-state index contributed by atoms with van der Waals surface area (Å²) >= 11 is 6.32. The number of nitrogens with zero attached hydrogens (tertiary/aromatic N) is 2. The van der Waals surface area contributed by atoms with Crippen LogP contribution in [0.5, 0.6) is 0 Å². The largest absolute Gasteiger partial charge is 0.456 e. The molecule has 0 radical (unpaired) electrons. The fraction of sp³-hybridized carbons (Fsp3) is 0.174. The van der Waals surface area contributed by atoms with Crippen LogP contribution in [0, 0.1) is 25.2 Å². The average molecular weight is 433 g/mol. The van der Waals surface area contributed by atoms with E-state index < -0.39 is 17.3 Å². The van der Waals surface area contributed by atoms with Crippen molar-refractivity contribution in [1.82, 2.24) is 0 Å². The number of carbonyl (C=O) groups is 2. The second-order valence-electron chi connectivity index (χ2n) is 7.79. The van der Waals surface area contributed by atoms with Gasteiger partial charge >= 0.3 is 5.97 Å². The maximum atomic E-state index is 13.4. The smallest absolute Gasteiger partial charge is 0.338 e. The molecule has 3 aliphatic rings. The van der Waals surface area contributed by atoms with E-state index in [2.05, 4.69) is 11.4 Å². The van der Waals surface area contributed by atoms with Crippen molar-refractivity contribution in [3.8, 4) is 6.07 Å². The van der Waals surface area contributed by atoms with Crippen molar-refractivity contribution in [2.75, 3.05) is 16.8 Å². The summed E-state index contributed by atoms with van der Waals surface area (Å²) in [6.45, 7) is 3.67. The molecule has 1 spiro atoms. The lowest BCUT2D eigenvalue weighted by molar-refractivity contribution is -0.137. The Kier molecular flexibility index (Phi) is 3.95. The number of rotatable bonds is 1. The first-order chi connectivity index (χ1) is 14.8. The highest BCUT2D eigenvalue weighted by atomic mass is 35.5. The van der Waals surface area contributed by atoms with Crippen LogP contribution in [0.15, 0.2) is 59.1 Å². The molecule has 0 aromatic heterocycles. The second-order valence-corrected chi connectivity index (χ2v) is 8.20. The minimum Gasteiger partial charge on any atom is -0.456 e. The topological polar surface area (TPSA) is 108 Å². The third-order valence-electron chi connectivity index (χ3n) is 6.04. The van der Waals surface area contributed by atoms with Gasteiger partial charge in [0.15, 0.2) is 0 Å². The van der Waals surface area contributed by atoms with Crippen molar-refractivity contribution in [2.45, 2.75) is 19.3 Å². The highest BCUT2D eigenvalue weighted by Gasteiger charge is 2.62. The number of esters is 1. The summed E-state index contributed by atoms with van der Waals surface area (Å²) in [7, 11) is 0. The Morgan fingerprint density at radius 3 is 2.71 bits per heavy atom. The minimum atomic E-state index is -1.66. The molecule has 2 aromatic rings. The summed E-state index contributed by atoms with van der Waals surface area (Å²) in [6, 6.07) is 12.8. The molecule has 7 nitrogen and oxygen atoms in total. The van der Waals surface area contributed by atoms with E-state index in [0.717, 1.165) is 11.1 Å². The Bertz CT molecular complexity index is 1320. The first kappa shape index (κ1) is 19.2. The van der Waals surface area contributed by atoms with Crippen LogP contribution in [0.4, 0.5) is 11.4 Å². The Labute approximate surface area is 183 Å². The van der Waals surface area contributed by atoms with Gasteiger partial charge in [-0.3, -0.25) is 9.69 Å². The van der Waals surface area contributed by atoms with Crippen LogP contribution in [0.2, 0.25) is 5.02 Å². The molecule has 5 rings (SSSR count). The molecule has 0 fully saturated rings. The number of ether oxygens (including phenoxy) is 1. The summed E-state index contributed by atoms with van der Waals surface area (Å²) in [5.41, 5.74) is 8.75. The fourth-order valence-corrected chi connectivity index (χ4v) is 4.76. The maximum absolute atomic E-state index is 13.4. The molecular weight excluding hydrogens is 416 g/mol. The van der Waals surface area contributed by atoms with E-state index in [1.165, 1.54) is 0 Å². The summed E-state index contributed by atoms with van der Waals surface area (Å²) < 4.78 is 5.37. The van der Waals surface area contributed by atoms with Crippen molar-refractivity contribution >= 4 is 34.9 Å². The Morgan fingerprint density at radius 1 is 1.23 bits per heavy atom. The highest BCUT2D eigenvalue weighted by Crippen LogP contribution is 2.54. The Morgan fingerprint density at radius 2 is 2.00 bits per heavy atom. The third-order valence-corrected chi connectivity index (χ3v) is 6.45. The minimum absolute atomic E-state index is 0.0244. The molecule has 0 unspecified atom stereocenters. The number of cyclic esters (lactones) is 1. The van der Waals surface area contributed by atoms with Gasteiger partial charge in [0.05, 0.1) is 16.8 Å². The number of halogens is 1. The molecule has 3 N–H and O–H groups in total. The Hall–Kier alpha value is -3.76. The molecule has 31 heavy (non-hydrogen) atoms. The van der Waals surface area contributed by atoms with E-state index in [1.54, 1.807) is 29.2 Å².